The van der Waals surface area contributed by atoms with Crippen LogP contribution in [0.5, 0.6) is 0 Å². The summed E-state index contributed by atoms with van der Waals surface area (Å²) in [4.78, 5) is 34.1. The van der Waals surface area contributed by atoms with Crippen LogP contribution in [0, 0.1) is 10.1 Å². The van der Waals surface area contributed by atoms with E-state index in [-0.39, 0.29) is 22.6 Å². The number of carbonyl (C=O) groups excluding carboxylic acids is 1. The fourth-order valence-corrected chi connectivity index (χ4v) is 4.22. The highest BCUT2D eigenvalue weighted by atomic mass is 16.6. The highest BCUT2D eigenvalue weighted by molar-refractivity contribution is 5.99. The molecule has 0 spiro atoms. The number of non-ortho nitro benzene ring substituents is 1. The first-order valence-electron chi connectivity index (χ1n) is 10.7. The average molecular weight is 434 g/mol. The zero-order valence-corrected chi connectivity index (χ0v) is 18.3. The summed E-state index contributed by atoms with van der Waals surface area (Å²) in [5.41, 5.74) is 2.15. The van der Waals surface area contributed by atoms with E-state index in [0.29, 0.717) is 11.9 Å². The Balaban J connectivity index is 1.40. The topological polar surface area (TPSA) is 82.8 Å². The lowest BCUT2D eigenvalue weighted by molar-refractivity contribution is -0.383. The molecule has 0 aliphatic carbocycles. The number of fused-ring (bicyclic) bond motifs is 1. The van der Waals surface area contributed by atoms with Crippen molar-refractivity contribution in [3.8, 4) is 0 Å². The minimum atomic E-state index is -0.371. The Hall–Kier alpha value is -3.52. The molecule has 1 atom stereocenters. The molecule has 8 heteroatoms. The summed E-state index contributed by atoms with van der Waals surface area (Å²) in [6, 6.07) is 15.2. The van der Waals surface area contributed by atoms with Crippen LogP contribution >= 0.6 is 0 Å². The van der Waals surface area contributed by atoms with Gasteiger partial charge in [0, 0.05) is 62.8 Å². The Morgan fingerprint density at radius 1 is 1.09 bits per heavy atom. The molecule has 1 aliphatic heterocycles. The van der Waals surface area contributed by atoms with E-state index in [0.717, 1.165) is 42.8 Å². The molecule has 1 aromatic heterocycles. The van der Waals surface area contributed by atoms with Gasteiger partial charge in [-0.05, 0) is 24.6 Å². The van der Waals surface area contributed by atoms with Crippen molar-refractivity contribution in [1.82, 2.24) is 14.8 Å². The third kappa shape index (κ3) is 4.40. The van der Waals surface area contributed by atoms with Crippen LogP contribution in [0.3, 0.4) is 0 Å². The maximum absolute atomic E-state index is 12.9. The molecule has 1 fully saturated rings. The third-order valence-electron chi connectivity index (χ3n) is 6.30. The summed E-state index contributed by atoms with van der Waals surface area (Å²) in [5.74, 6) is 0.0988. The second-order valence-electron chi connectivity index (χ2n) is 8.14. The summed E-state index contributed by atoms with van der Waals surface area (Å²) in [6.07, 6.45) is 3.21. The predicted molar refractivity (Wildman–Crippen MR) is 125 cm³/mol. The molecule has 32 heavy (non-hydrogen) atoms. The van der Waals surface area contributed by atoms with E-state index in [4.69, 9.17) is 0 Å². The SMILES string of the molecule is C[C@H](c1ccccc1)N(C)C(=O)CN1CCN(c2ccc([N+](=O)[O-])c3cnccc23)CC1. The highest BCUT2D eigenvalue weighted by Crippen LogP contribution is 2.33. The highest BCUT2D eigenvalue weighted by Gasteiger charge is 2.25. The lowest BCUT2D eigenvalue weighted by atomic mass is 10.1. The van der Waals surface area contributed by atoms with Gasteiger partial charge in [-0.15, -0.1) is 0 Å². The Bertz CT molecular complexity index is 1110. The van der Waals surface area contributed by atoms with Crippen molar-refractivity contribution in [2.24, 2.45) is 0 Å². The summed E-state index contributed by atoms with van der Waals surface area (Å²) >= 11 is 0. The van der Waals surface area contributed by atoms with Gasteiger partial charge in [-0.3, -0.25) is 24.8 Å². The van der Waals surface area contributed by atoms with Crippen molar-refractivity contribution in [3.05, 3.63) is 76.6 Å². The van der Waals surface area contributed by atoms with E-state index >= 15 is 0 Å². The normalized spacial score (nSPS) is 15.5. The molecule has 0 N–H and O–H groups in total. The number of nitro groups is 1. The van der Waals surface area contributed by atoms with Gasteiger partial charge in [0.2, 0.25) is 5.91 Å². The quantitative estimate of drug-likeness (QED) is 0.437. The molecule has 0 unspecified atom stereocenters. The van der Waals surface area contributed by atoms with Gasteiger partial charge < -0.3 is 9.80 Å². The molecule has 2 heterocycles. The first-order valence-corrected chi connectivity index (χ1v) is 10.7. The minimum Gasteiger partial charge on any atom is -0.368 e. The zero-order valence-electron chi connectivity index (χ0n) is 18.3. The van der Waals surface area contributed by atoms with Crippen molar-refractivity contribution >= 4 is 28.1 Å². The molecule has 8 nitrogen and oxygen atoms in total. The largest absolute Gasteiger partial charge is 0.368 e. The number of nitrogens with zero attached hydrogens (tertiary/aromatic N) is 5. The number of amides is 1. The lowest BCUT2D eigenvalue weighted by Gasteiger charge is -2.37. The molecular weight excluding hydrogens is 406 g/mol. The van der Waals surface area contributed by atoms with Gasteiger partial charge in [-0.2, -0.15) is 0 Å². The van der Waals surface area contributed by atoms with E-state index in [2.05, 4.69) is 14.8 Å². The molecule has 0 bridgehead atoms. The summed E-state index contributed by atoms with van der Waals surface area (Å²) in [6.45, 7) is 5.43. The number of hydrogen-bond acceptors (Lipinski definition) is 6. The van der Waals surface area contributed by atoms with Crippen LogP contribution < -0.4 is 4.90 Å². The molecule has 2 aromatic carbocycles. The van der Waals surface area contributed by atoms with Gasteiger partial charge in [0.05, 0.1) is 22.9 Å². The molecule has 1 amide bonds. The summed E-state index contributed by atoms with van der Waals surface area (Å²) < 4.78 is 0. The van der Waals surface area contributed by atoms with Gasteiger partial charge >= 0.3 is 0 Å². The maximum Gasteiger partial charge on any atom is 0.278 e. The molecular formula is C24H27N5O3. The molecule has 1 aliphatic rings. The number of pyridine rings is 1. The monoisotopic (exact) mass is 433 g/mol. The molecule has 0 radical (unpaired) electrons. The van der Waals surface area contributed by atoms with Crippen LogP contribution in [-0.2, 0) is 4.79 Å². The van der Waals surface area contributed by atoms with Crippen molar-refractivity contribution < 1.29 is 9.72 Å². The van der Waals surface area contributed by atoms with Crippen LogP contribution in [0.2, 0.25) is 0 Å². The van der Waals surface area contributed by atoms with Crippen LogP contribution in [0.1, 0.15) is 18.5 Å². The van der Waals surface area contributed by atoms with Crippen molar-refractivity contribution in [2.45, 2.75) is 13.0 Å². The third-order valence-corrected chi connectivity index (χ3v) is 6.30. The molecule has 1 saturated heterocycles. The summed E-state index contributed by atoms with van der Waals surface area (Å²) in [7, 11) is 1.85. The molecule has 166 valence electrons. The Labute approximate surface area is 187 Å². The van der Waals surface area contributed by atoms with Gasteiger partial charge in [0.25, 0.3) is 5.69 Å². The fourth-order valence-electron chi connectivity index (χ4n) is 4.22. The number of aromatic nitrogens is 1. The zero-order chi connectivity index (χ0) is 22.7. The standard InChI is InChI=1S/C24H27N5O3/c1-18(19-6-4-3-5-7-19)26(2)24(30)17-27-12-14-28(15-13-27)22-8-9-23(29(31)32)21-16-25-11-10-20(21)22/h3-11,16,18H,12-15,17H2,1-2H3/t18-/m1/s1. The average Bonchev–Trinajstić information content (AvgIpc) is 2.83. The van der Waals surface area contributed by atoms with Crippen LogP contribution in [0.15, 0.2) is 60.9 Å². The van der Waals surface area contributed by atoms with Crippen molar-refractivity contribution in [1.29, 1.82) is 0 Å². The smallest absolute Gasteiger partial charge is 0.278 e. The lowest BCUT2D eigenvalue weighted by Crippen LogP contribution is -2.50. The Morgan fingerprint density at radius 2 is 1.81 bits per heavy atom. The first kappa shape index (κ1) is 21.7. The van der Waals surface area contributed by atoms with Crippen LogP contribution in [0.25, 0.3) is 10.8 Å². The first-order chi connectivity index (χ1) is 15.5. The van der Waals surface area contributed by atoms with Crippen molar-refractivity contribution in [2.75, 3.05) is 44.7 Å². The van der Waals surface area contributed by atoms with E-state index in [1.54, 1.807) is 23.4 Å². The van der Waals surface area contributed by atoms with Gasteiger partial charge in [0.15, 0.2) is 0 Å². The number of anilines is 1. The Morgan fingerprint density at radius 3 is 2.50 bits per heavy atom. The second kappa shape index (κ2) is 9.32. The van der Waals surface area contributed by atoms with E-state index in [1.165, 1.54) is 0 Å². The molecule has 0 saturated carbocycles. The van der Waals surface area contributed by atoms with Gasteiger partial charge in [-0.1, -0.05) is 30.3 Å². The van der Waals surface area contributed by atoms with Crippen molar-refractivity contribution in [3.63, 3.8) is 0 Å². The maximum atomic E-state index is 12.9. The van der Waals surface area contributed by atoms with Crippen LogP contribution in [0.4, 0.5) is 11.4 Å². The number of rotatable bonds is 6. The van der Waals surface area contributed by atoms with Gasteiger partial charge in [0.1, 0.15) is 0 Å². The number of benzene rings is 2. The second-order valence-corrected chi connectivity index (χ2v) is 8.14. The predicted octanol–water partition coefficient (Wildman–Crippen LogP) is 3.48. The summed E-state index contributed by atoms with van der Waals surface area (Å²) in [5, 5.41) is 12.7. The Kier molecular flexibility index (Phi) is 6.32. The van der Waals surface area contributed by atoms with Crippen LogP contribution in [-0.4, -0.2) is 65.4 Å². The number of carbonyl (C=O) groups is 1. The number of hydrogen-bond donors (Lipinski definition) is 0. The number of nitro benzene ring substituents is 1. The van der Waals surface area contributed by atoms with E-state index in [9.17, 15) is 14.9 Å². The van der Waals surface area contributed by atoms with E-state index < -0.39 is 0 Å². The van der Waals surface area contributed by atoms with Gasteiger partial charge in [-0.25, -0.2) is 0 Å². The molecule has 4 rings (SSSR count). The molecule has 3 aromatic rings. The minimum absolute atomic E-state index is 0.0186. The number of piperazine rings is 1. The number of likely N-dealkylation sites (N-methyl/N-ethyl adjacent to an activating group) is 1. The van der Waals surface area contributed by atoms with E-state index in [1.807, 2.05) is 56.4 Å². The fraction of sp³-hybridized carbons (Fsp3) is 0.333.